The zero-order chi connectivity index (χ0) is 18.2. The van der Waals surface area contributed by atoms with Crippen LogP contribution in [0.4, 0.5) is 5.13 Å². The van der Waals surface area contributed by atoms with Crippen LogP contribution in [0.2, 0.25) is 5.02 Å². The summed E-state index contributed by atoms with van der Waals surface area (Å²) >= 11 is 7.07. The van der Waals surface area contributed by atoms with Gasteiger partial charge in [0.25, 0.3) is 0 Å². The van der Waals surface area contributed by atoms with Crippen LogP contribution < -0.4 is 4.72 Å². The van der Waals surface area contributed by atoms with E-state index in [1.807, 2.05) is 0 Å². The molecule has 0 spiro atoms. The predicted molar refractivity (Wildman–Crippen MR) is 100 cm³/mol. The molecular weight excluding hydrogens is 404 g/mol. The Morgan fingerprint density at radius 3 is 2.52 bits per heavy atom. The number of nitrogens with zero attached hydrogens (tertiary/aromatic N) is 1. The molecule has 0 atom stereocenters. The highest BCUT2D eigenvalue weighted by molar-refractivity contribution is 7.92. The van der Waals surface area contributed by atoms with Crippen molar-refractivity contribution in [1.82, 2.24) is 4.98 Å². The summed E-state index contributed by atoms with van der Waals surface area (Å²) in [6.07, 6.45) is 1.11. The Kier molecular flexibility index (Phi) is 4.76. The lowest BCUT2D eigenvalue weighted by atomic mass is 10.2. The lowest BCUT2D eigenvalue weighted by Crippen LogP contribution is -2.15. The molecule has 1 heterocycles. The monoisotopic (exact) mass is 416 g/mol. The summed E-state index contributed by atoms with van der Waals surface area (Å²) in [5.74, 6) is -0.281. The Balaban J connectivity index is 1.88. The maximum Gasteiger partial charge on any atom is 0.238 e. The van der Waals surface area contributed by atoms with Crippen LogP contribution in [0.1, 0.15) is 5.56 Å². The lowest BCUT2D eigenvalue weighted by molar-refractivity contribution is 0.599. The fourth-order valence-electron chi connectivity index (χ4n) is 2.17. The molecule has 3 aromatic rings. The van der Waals surface area contributed by atoms with E-state index in [1.165, 1.54) is 12.1 Å². The molecule has 10 heteroatoms. The summed E-state index contributed by atoms with van der Waals surface area (Å²) in [5.41, 5.74) is 1.00. The minimum Gasteiger partial charge on any atom is -0.258 e. The van der Waals surface area contributed by atoms with Crippen LogP contribution in [0.25, 0.3) is 10.2 Å². The Morgan fingerprint density at radius 2 is 1.84 bits per heavy atom. The lowest BCUT2D eigenvalue weighted by Gasteiger charge is -2.06. The number of rotatable bonds is 5. The van der Waals surface area contributed by atoms with Gasteiger partial charge in [-0.2, -0.15) is 0 Å². The van der Waals surface area contributed by atoms with Gasteiger partial charge in [0.2, 0.25) is 10.0 Å². The van der Waals surface area contributed by atoms with Crippen molar-refractivity contribution in [1.29, 1.82) is 0 Å². The number of sulfone groups is 1. The smallest absolute Gasteiger partial charge is 0.238 e. The van der Waals surface area contributed by atoms with E-state index in [4.69, 9.17) is 11.6 Å². The van der Waals surface area contributed by atoms with E-state index in [0.717, 1.165) is 17.6 Å². The van der Waals surface area contributed by atoms with Crippen molar-refractivity contribution in [2.75, 3.05) is 11.0 Å². The summed E-state index contributed by atoms with van der Waals surface area (Å²) < 4.78 is 50.9. The second-order valence-electron chi connectivity index (χ2n) is 5.37. The number of halogens is 1. The summed E-state index contributed by atoms with van der Waals surface area (Å²) in [6.45, 7) is 0. The highest BCUT2D eigenvalue weighted by Gasteiger charge is 2.17. The van der Waals surface area contributed by atoms with Crippen LogP contribution in [0.15, 0.2) is 47.4 Å². The topological polar surface area (TPSA) is 93.2 Å². The van der Waals surface area contributed by atoms with Crippen LogP contribution in [-0.4, -0.2) is 28.1 Å². The zero-order valence-electron chi connectivity index (χ0n) is 12.9. The van der Waals surface area contributed by atoms with Gasteiger partial charge in [-0.25, -0.2) is 21.8 Å². The third-order valence-corrected chi connectivity index (χ3v) is 7.07. The molecule has 0 radical (unpaired) electrons. The van der Waals surface area contributed by atoms with Crippen LogP contribution in [0.3, 0.4) is 0 Å². The van der Waals surface area contributed by atoms with E-state index < -0.39 is 19.9 Å². The molecular formula is C15H13ClN2O4S3. The molecule has 0 fully saturated rings. The molecule has 0 unspecified atom stereocenters. The molecule has 0 amide bonds. The molecule has 132 valence electrons. The maximum absolute atomic E-state index is 12.3. The summed E-state index contributed by atoms with van der Waals surface area (Å²) in [4.78, 5) is 4.35. The SMILES string of the molecule is CS(=O)(=O)c1ccc2nc(NS(=O)(=O)Cc3ccccc3Cl)sc2c1. The largest absolute Gasteiger partial charge is 0.258 e. The summed E-state index contributed by atoms with van der Waals surface area (Å²) in [6, 6.07) is 11.2. The van der Waals surface area contributed by atoms with Crippen LogP contribution >= 0.6 is 22.9 Å². The van der Waals surface area contributed by atoms with E-state index in [9.17, 15) is 16.8 Å². The first-order valence-electron chi connectivity index (χ1n) is 6.99. The van der Waals surface area contributed by atoms with Gasteiger partial charge in [-0.15, -0.1) is 0 Å². The van der Waals surface area contributed by atoms with Crippen LogP contribution in [0.5, 0.6) is 0 Å². The molecule has 2 aromatic carbocycles. The van der Waals surface area contributed by atoms with Crippen LogP contribution in [-0.2, 0) is 25.6 Å². The number of fused-ring (bicyclic) bond motifs is 1. The minimum atomic E-state index is -3.70. The van der Waals surface area contributed by atoms with Gasteiger partial charge >= 0.3 is 0 Å². The van der Waals surface area contributed by atoms with E-state index in [-0.39, 0.29) is 15.8 Å². The van der Waals surface area contributed by atoms with Gasteiger partial charge in [0, 0.05) is 11.3 Å². The predicted octanol–water partition coefficient (Wildman–Crippen LogP) is 3.30. The average Bonchev–Trinajstić information content (AvgIpc) is 2.88. The Labute approximate surface area is 154 Å². The Bertz CT molecular complexity index is 1150. The number of benzene rings is 2. The second kappa shape index (κ2) is 6.56. The van der Waals surface area contributed by atoms with Gasteiger partial charge in [-0.1, -0.05) is 41.1 Å². The van der Waals surface area contributed by atoms with Gasteiger partial charge in [0.05, 0.1) is 20.9 Å². The molecule has 0 aliphatic carbocycles. The molecule has 0 aliphatic heterocycles. The average molecular weight is 417 g/mol. The first kappa shape index (κ1) is 18.1. The van der Waals surface area contributed by atoms with E-state index in [2.05, 4.69) is 9.71 Å². The number of hydrogen-bond donors (Lipinski definition) is 1. The fraction of sp³-hybridized carbons (Fsp3) is 0.133. The molecule has 0 saturated heterocycles. The van der Waals surface area contributed by atoms with Crippen LogP contribution in [0, 0.1) is 0 Å². The molecule has 1 N–H and O–H groups in total. The standard InChI is InChI=1S/C15H13ClN2O4S3/c1-24(19,20)11-6-7-13-14(8-11)23-15(17-13)18-25(21,22)9-10-4-2-3-5-12(10)16/h2-8H,9H2,1H3,(H,17,18). The first-order chi connectivity index (χ1) is 11.6. The quantitative estimate of drug-likeness (QED) is 0.688. The number of nitrogens with one attached hydrogen (secondary N) is 1. The van der Waals surface area contributed by atoms with E-state index in [0.29, 0.717) is 20.8 Å². The number of hydrogen-bond acceptors (Lipinski definition) is 6. The molecule has 3 rings (SSSR count). The number of sulfonamides is 1. The van der Waals surface area contributed by atoms with Gasteiger partial charge < -0.3 is 0 Å². The van der Waals surface area contributed by atoms with Crippen molar-refractivity contribution in [3.05, 3.63) is 53.1 Å². The van der Waals surface area contributed by atoms with Crippen molar-refractivity contribution in [2.45, 2.75) is 10.6 Å². The van der Waals surface area contributed by atoms with Gasteiger partial charge in [-0.3, -0.25) is 4.72 Å². The highest BCUT2D eigenvalue weighted by atomic mass is 35.5. The number of aromatic nitrogens is 1. The Morgan fingerprint density at radius 1 is 1.12 bits per heavy atom. The minimum absolute atomic E-state index is 0.161. The third kappa shape index (κ3) is 4.30. The molecule has 25 heavy (non-hydrogen) atoms. The summed E-state index contributed by atoms with van der Waals surface area (Å²) in [7, 11) is -7.04. The van der Waals surface area contributed by atoms with Crippen molar-refractivity contribution < 1.29 is 16.8 Å². The normalized spacial score (nSPS) is 12.4. The van der Waals surface area contributed by atoms with E-state index in [1.54, 1.807) is 30.3 Å². The maximum atomic E-state index is 12.3. The van der Waals surface area contributed by atoms with Gasteiger partial charge in [0.15, 0.2) is 15.0 Å². The fourth-order valence-corrected chi connectivity index (χ4v) is 5.52. The third-order valence-electron chi connectivity index (χ3n) is 3.33. The summed E-state index contributed by atoms with van der Waals surface area (Å²) in [5, 5.41) is 0.544. The molecule has 6 nitrogen and oxygen atoms in total. The van der Waals surface area contributed by atoms with Gasteiger partial charge in [-0.05, 0) is 29.8 Å². The van der Waals surface area contributed by atoms with Crippen molar-refractivity contribution >= 4 is 58.1 Å². The molecule has 0 aliphatic rings. The van der Waals surface area contributed by atoms with Crippen molar-refractivity contribution in [2.24, 2.45) is 0 Å². The highest BCUT2D eigenvalue weighted by Crippen LogP contribution is 2.29. The number of thiazole rings is 1. The molecule has 0 saturated carbocycles. The first-order valence-corrected chi connectivity index (χ1v) is 11.7. The van der Waals surface area contributed by atoms with E-state index >= 15 is 0 Å². The molecule has 0 bridgehead atoms. The molecule has 1 aromatic heterocycles. The zero-order valence-corrected chi connectivity index (χ0v) is 16.1. The van der Waals surface area contributed by atoms with Crippen molar-refractivity contribution in [3.8, 4) is 0 Å². The van der Waals surface area contributed by atoms with Gasteiger partial charge in [0.1, 0.15) is 0 Å². The Hall–Kier alpha value is -1.68. The second-order valence-corrected chi connectivity index (χ2v) is 10.5. The number of anilines is 1. The van der Waals surface area contributed by atoms with Crippen molar-refractivity contribution in [3.63, 3.8) is 0 Å².